The monoisotopic (exact) mass is 246 g/mol. The molecule has 1 aromatic heterocycles. The van der Waals surface area contributed by atoms with Crippen molar-refractivity contribution in [1.82, 2.24) is 4.98 Å². The second kappa shape index (κ2) is 5.00. The maximum Gasteiger partial charge on any atom is 0.0372 e. The van der Waals surface area contributed by atoms with Gasteiger partial charge in [0.05, 0.1) is 0 Å². The van der Waals surface area contributed by atoms with Crippen LogP contribution < -0.4 is 5.73 Å². The van der Waals surface area contributed by atoms with E-state index >= 15 is 0 Å². The Morgan fingerprint density at radius 3 is 2.56 bits per heavy atom. The summed E-state index contributed by atoms with van der Waals surface area (Å²) in [6.45, 7) is 8.99. The van der Waals surface area contributed by atoms with E-state index in [1.54, 1.807) is 0 Å². The number of rotatable bonds is 2. The predicted octanol–water partition coefficient (Wildman–Crippen LogP) is 3.43. The van der Waals surface area contributed by atoms with E-state index < -0.39 is 0 Å². The second-order valence-electron chi connectivity index (χ2n) is 6.60. The zero-order valence-corrected chi connectivity index (χ0v) is 12.1. The molecule has 0 aliphatic heterocycles. The lowest BCUT2D eigenvalue weighted by atomic mass is 9.64. The van der Waals surface area contributed by atoms with Gasteiger partial charge >= 0.3 is 0 Å². The molecular weight excluding hydrogens is 220 g/mol. The molecular formula is C16H26N2. The van der Waals surface area contributed by atoms with E-state index in [0.717, 1.165) is 18.0 Å². The van der Waals surface area contributed by atoms with Crippen LogP contribution in [0.2, 0.25) is 0 Å². The van der Waals surface area contributed by atoms with Gasteiger partial charge in [0.15, 0.2) is 0 Å². The fourth-order valence-electron chi connectivity index (χ4n) is 3.38. The topological polar surface area (TPSA) is 38.9 Å². The van der Waals surface area contributed by atoms with Crippen molar-refractivity contribution < 1.29 is 0 Å². The first-order valence-corrected chi connectivity index (χ1v) is 7.10. The lowest BCUT2D eigenvalue weighted by Crippen LogP contribution is -2.45. The summed E-state index contributed by atoms with van der Waals surface area (Å²) in [5.41, 5.74) is 8.93. The van der Waals surface area contributed by atoms with Crippen LogP contribution in [0, 0.1) is 18.8 Å². The Morgan fingerprint density at radius 2 is 2.00 bits per heavy atom. The first kappa shape index (κ1) is 13.5. The molecule has 0 bridgehead atoms. The van der Waals surface area contributed by atoms with Crippen molar-refractivity contribution >= 4 is 0 Å². The highest BCUT2D eigenvalue weighted by molar-refractivity contribution is 5.24. The van der Waals surface area contributed by atoms with Gasteiger partial charge in [-0.15, -0.1) is 0 Å². The summed E-state index contributed by atoms with van der Waals surface area (Å²) in [5.74, 6) is 1.35. The minimum absolute atomic E-state index is 0.125. The third-order valence-corrected chi connectivity index (χ3v) is 4.74. The summed E-state index contributed by atoms with van der Waals surface area (Å²) < 4.78 is 0. The summed E-state index contributed by atoms with van der Waals surface area (Å²) in [6.07, 6.45) is 5.73. The molecule has 1 fully saturated rings. The van der Waals surface area contributed by atoms with E-state index in [4.69, 9.17) is 5.73 Å². The van der Waals surface area contributed by atoms with Crippen molar-refractivity contribution in [2.24, 2.45) is 17.6 Å². The van der Waals surface area contributed by atoms with E-state index in [-0.39, 0.29) is 5.41 Å². The van der Waals surface area contributed by atoms with Crippen LogP contribution in [0.3, 0.4) is 0 Å². The Morgan fingerprint density at radius 1 is 1.28 bits per heavy atom. The number of hydrogen-bond donors (Lipinski definition) is 1. The van der Waals surface area contributed by atoms with Crippen LogP contribution in [-0.4, -0.2) is 11.0 Å². The molecule has 3 unspecified atom stereocenters. The van der Waals surface area contributed by atoms with Crippen LogP contribution in [-0.2, 0) is 5.41 Å². The highest BCUT2D eigenvalue weighted by Gasteiger charge is 2.38. The molecule has 3 atom stereocenters. The molecule has 0 radical (unpaired) electrons. The van der Waals surface area contributed by atoms with Gasteiger partial charge in [-0.2, -0.15) is 0 Å². The van der Waals surface area contributed by atoms with Crippen molar-refractivity contribution in [2.75, 3.05) is 0 Å². The molecule has 18 heavy (non-hydrogen) atoms. The average molecular weight is 246 g/mol. The van der Waals surface area contributed by atoms with E-state index in [0.29, 0.717) is 12.0 Å². The van der Waals surface area contributed by atoms with Crippen LogP contribution in [0.15, 0.2) is 18.3 Å². The molecule has 2 N–H and O–H groups in total. The minimum atomic E-state index is 0.125. The van der Waals surface area contributed by atoms with Crippen LogP contribution in [0.1, 0.15) is 51.3 Å². The Balaban J connectivity index is 2.22. The largest absolute Gasteiger partial charge is 0.327 e. The summed E-state index contributed by atoms with van der Waals surface area (Å²) >= 11 is 0. The Labute approximate surface area is 111 Å². The van der Waals surface area contributed by atoms with Gasteiger partial charge in [-0.25, -0.2) is 0 Å². The maximum absolute atomic E-state index is 6.40. The molecule has 0 aromatic carbocycles. The number of pyridine rings is 1. The van der Waals surface area contributed by atoms with Gasteiger partial charge in [-0.3, -0.25) is 4.98 Å². The van der Waals surface area contributed by atoms with Gasteiger partial charge in [0.25, 0.3) is 0 Å². The van der Waals surface area contributed by atoms with Gasteiger partial charge in [-0.1, -0.05) is 33.3 Å². The molecule has 1 aliphatic carbocycles. The van der Waals surface area contributed by atoms with E-state index in [1.807, 2.05) is 13.1 Å². The summed E-state index contributed by atoms with van der Waals surface area (Å²) in [6, 6.07) is 4.64. The van der Waals surface area contributed by atoms with Gasteiger partial charge < -0.3 is 5.73 Å². The lowest BCUT2D eigenvalue weighted by molar-refractivity contribution is 0.171. The van der Waals surface area contributed by atoms with Crippen LogP contribution in [0.4, 0.5) is 0 Å². The van der Waals surface area contributed by atoms with Gasteiger partial charge in [-0.05, 0) is 48.6 Å². The minimum Gasteiger partial charge on any atom is -0.327 e. The van der Waals surface area contributed by atoms with Gasteiger partial charge in [0.2, 0.25) is 0 Å². The van der Waals surface area contributed by atoms with Gasteiger partial charge in [0.1, 0.15) is 0 Å². The first-order valence-electron chi connectivity index (χ1n) is 7.10. The average Bonchev–Trinajstić information content (AvgIpc) is 2.29. The highest BCUT2D eigenvalue weighted by Crippen LogP contribution is 2.41. The molecule has 0 amide bonds. The Bertz CT molecular complexity index is 394. The molecule has 100 valence electrons. The van der Waals surface area contributed by atoms with Crippen molar-refractivity contribution in [3.05, 3.63) is 29.6 Å². The zero-order valence-electron chi connectivity index (χ0n) is 12.1. The Kier molecular flexibility index (Phi) is 3.76. The van der Waals surface area contributed by atoms with Crippen molar-refractivity contribution in [3.63, 3.8) is 0 Å². The summed E-state index contributed by atoms with van der Waals surface area (Å²) in [4.78, 5) is 4.44. The molecule has 1 aromatic rings. The SMILES string of the molecule is Cc1ccc(C(C)(C)C2CCC(C)CC2N)cn1. The first-order chi connectivity index (χ1) is 8.41. The maximum atomic E-state index is 6.40. The summed E-state index contributed by atoms with van der Waals surface area (Å²) in [5, 5.41) is 0. The third kappa shape index (κ3) is 2.59. The van der Waals surface area contributed by atoms with Gasteiger partial charge in [0, 0.05) is 17.9 Å². The molecule has 0 saturated heterocycles. The lowest BCUT2D eigenvalue weighted by Gasteiger charge is -2.43. The number of hydrogen-bond acceptors (Lipinski definition) is 2. The molecule has 2 heteroatoms. The number of aromatic nitrogens is 1. The molecule has 2 rings (SSSR count). The highest BCUT2D eigenvalue weighted by atomic mass is 14.7. The smallest absolute Gasteiger partial charge is 0.0372 e. The van der Waals surface area contributed by atoms with E-state index in [1.165, 1.54) is 18.4 Å². The molecule has 0 spiro atoms. The number of nitrogens with zero attached hydrogens (tertiary/aromatic N) is 1. The number of nitrogens with two attached hydrogens (primary N) is 1. The molecule has 1 aliphatic rings. The van der Waals surface area contributed by atoms with Crippen LogP contribution in [0.5, 0.6) is 0 Å². The fraction of sp³-hybridized carbons (Fsp3) is 0.688. The molecule has 1 saturated carbocycles. The van der Waals surface area contributed by atoms with Crippen molar-refractivity contribution in [1.29, 1.82) is 0 Å². The second-order valence-corrected chi connectivity index (χ2v) is 6.60. The zero-order chi connectivity index (χ0) is 13.3. The normalized spacial score (nSPS) is 29.3. The Hall–Kier alpha value is -0.890. The third-order valence-electron chi connectivity index (χ3n) is 4.74. The number of aryl methyl sites for hydroxylation is 1. The summed E-state index contributed by atoms with van der Waals surface area (Å²) in [7, 11) is 0. The molecule has 2 nitrogen and oxygen atoms in total. The fourth-order valence-corrected chi connectivity index (χ4v) is 3.38. The van der Waals surface area contributed by atoms with E-state index in [9.17, 15) is 0 Å². The molecule has 1 heterocycles. The van der Waals surface area contributed by atoms with Crippen molar-refractivity contribution in [2.45, 2.75) is 58.4 Å². The van der Waals surface area contributed by atoms with Crippen LogP contribution >= 0.6 is 0 Å². The predicted molar refractivity (Wildman–Crippen MR) is 76.5 cm³/mol. The van der Waals surface area contributed by atoms with E-state index in [2.05, 4.69) is 37.9 Å². The standard InChI is InChI=1S/C16H26N2/c1-11-5-8-14(15(17)9-11)16(3,4)13-7-6-12(2)18-10-13/h6-7,10-11,14-15H,5,8-9,17H2,1-4H3. The van der Waals surface area contributed by atoms with Crippen LogP contribution in [0.25, 0.3) is 0 Å². The van der Waals surface area contributed by atoms with Crippen molar-refractivity contribution in [3.8, 4) is 0 Å². The quantitative estimate of drug-likeness (QED) is 0.868.